The molecule has 0 unspecified atom stereocenters. The summed E-state index contributed by atoms with van der Waals surface area (Å²) in [7, 11) is 0. The van der Waals surface area contributed by atoms with Crippen LogP contribution in [0.2, 0.25) is 0 Å². The van der Waals surface area contributed by atoms with Crippen LogP contribution in [0.25, 0.3) is 6.08 Å². The maximum atomic E-state index is 3.23. The summed E-state index contributed by atoms with van der Waals surface area (Å²) in [5.74, 6) is 0. The van der Waals surface area contributed by atoms with Gasteiger partial charge in [0.2, 0.25) is 0 Å². The van der Waals surface area contributed by atoms with Crippen LogP contribution in [0.3, 0.4) is 0 Å². The van der Waals surface area contributed by atoms with Crippen LogP contribution in [0, 0.1) is 6.92 Å². The summed E-state index contributed by atoms with van der Waals surface area (Å²) < 4.78 is 0. The zero-order chi connectivity index (χ0) is 6.69. The Bertz CT molecular complexity index is 212. The first-order valence-corrected chi connectivity index (χ1v) is 4.45. The molecule has 1 aromatic rings. The van der Waals surface area contributed by atoms with E-state index in [0.29, 0.717) is 0 Å². The lowest BCUT2D eigenvalue weighted by atomic mass is 10.3. The molecule has 0 N–H and O–H groups in total. The maximum absolute atomic E-state index is 3.23. The molecule has 0 saturated heterocycles. The zero-order valence-electron chi connectivity index (χ0n) is 5.10. The van der Waals surface area contributed by atoms with Gasteiger partial charge in [-0.3, -0.25) is 0 Å². The number of aryl methyl sites for hydroxylation is 1. The monoisotopic (exact) mass is 202 g/mol. The molecule has 1 heterocycles. The topological polar surface area (TPSA) is 0 Å². The van der Waals surface area contributed by atoms with E-state index in [9.17, 15) is 0 Å². The Hall–Kier alpha value is -0.0800. The van der Waals surface area contributed by atoms with Crippen molar-refractivity contribution >= 4 is 33.3 Å². The van der Waals surface area contributed by atoms with Crippen molar-refractivity contribution in [2.24, 2.45) is 0 Å². The second-order valence-electron chi connectivity index (χ2n) is 1.76. The highest BCUT2D eigenvalue weighted by atomic mass is 79.9. The van der Waals surface area contributed by atoms with Crippen molar-refractivity contribution in [2.75, 3.05) is 0 Å². The molecule has 1 rings (SSSR count). The lowest BCUT2D eigenvalue weighted by molar-refractivity contribution is 1.54. The number of thiophene rings is 1. The summed E-state index contributed by atoms with van der Waals surface area (Å²) in [4.78, 5) is 3.21. The third-order valence-corrected chi connectivity index (χ3v) is 2.36. The third-order valence-electron chi connectivity index (χ3n) is 1.12. The highest BCUT2D eigenvalue weighted by Crippen LogP contribution is 2.17. The molecule has 0 saturated carbocycles. The molecule has 0 fully saturated rings. The Morgan fingerprint density at radius 2 is 2.44 bits per heavy atom. The molecule has 0 radical (unpaired) electrons. The molecule has 0 bridgehead atoms. The summed E-state index contributed by atoms with van der Waals surface area (Å²) in [5.41, 5.74) is 1.34. The van der Waals surface area contributed by atoms with E-state index in [1.807, 2.05) is 4.99 Å². The van der Waals surface area contributed by atoms with E-state index in [0.717, 1.165) is 0 Å². The number of halogens is 1. The minimum atomic E-state index is 1.33. The van der Waals surface area contributed by atoms with Crippen molar-refractivity contribution in [3.63, 3.8) is 0 Å². The molecule has 0 nitrogen and oxygen atoms in total. The average Bonchev–Trinajstić information content (AvgIpc) is 2.18. The molecule has 0 aromatic carbocycles. The van der Waals surface area contributed by atoms with E-state index in [1.165, 1.54) is 10.4 Å². The molecule has 1 aromatic heterocycles. The predicted molar refractivity (Wildman–Crippen MR) is 47.0 cm³/mol. The molecule has 0 atom stereocenters. The number of rotatable bonds is 1. The van der Waals surface area contributed by atoms with Crippen LogP contribution in [0.1, 0.15) is 10.4 Å². The van der Waals surface area contributed by atoms with Crippen LogP contribution in [0.5, 0.6) is 0 Å². The number of hydrogen-bond acceptors (Lipinski definition) is 1. The van der Waals surface area contributed by atoms with Crippen LogP contribution in [-0.2, 0) is 0 Å². The first kappa shape index (κ1) is 7.03. The smallest absolute Gasteiger partial charge is 0.0304 e. The van der Waals surface area contributed by atoms with Gasteiger partial charge in [0.25, 0.3) is 0 Å². The van der Waals surface area contributed by atoms with Gasteiger partial charge >= 0.3 is 0 Å². The van der Waals surface area contributed by atoms with E-state index in [4.69, 9.17) is 0 Å². The summed E-state index contributed by atoms with van der Waals surface area (Å²) >= 11 is 4.99. The summed E-state index contributed by atoms with van der Waals surface area (Å²) in [6, 6.07) is 2.12. The SMILES string of the molecule is Cc1ccsc1C=CBr. The van der Waals surface area contributed by atoms with Gasteiger partial charge in [0, 0.05) is 4.88 Å². The van der Waals surface area contributed by atoms with Gasteiger partial charge in [-0.05, 0) is 35.0 Å². The van der Waals surface area contributed by atoms with Crippen molar-refractivity contribution in [2.45, 2.75) is 6.92 Å². The van der Waals surface area contributed by atoms with Gasteiger partial charge in [-0.2, -0.15) is 0 Å². The normalized spacial score (nSPS) is 10.9. The van der Waals surface area contributed by atoms with Crippen molar-refractivity contribution in [1.82, 2.24) is 0 Å². The zero-order valence-corrected chi connectivity index (χ0v) is 7.50. The summed E-state index contributed by atoms with van der Waals surface area (Å²) in [6.07, 6.45) is 2.06. The van der Waals surface area contributed by atoms with Crippen molar-refractivity contribution < 1.29 is 0 Å². The summed E-state index contributed by atoms with van der Waals surface area (Å²) in [6.45, 7) is 2.11. The Kier molecular flexibility index (Phi) is 2.49. The molecule has 48 valence electrons. The second-order valence-corrected chi connectivity index (χ2v) is 3.24. The van der Waals surface area contributed by atoms with Gasteiger partial charge in [-0.15, -0.1) is 11.3 Å². The standard InChI is InChI=1S/C7H7BrS/c1-6-3-5-9-7(6)2-4-8/h2-5H,1H3. The molecule has 2 heteroatoms. The lowest BCUT2D eigenvalue weighted by Gasteiger charge is -1.84. The van der Waals surface area contributed by atoms with Gasteiger partial charge in [0.15, 0.2) is 0 Å². The van der Waals surface area contributed by atoms with Gasteiger partial charge in [0.05, 0.1) is 0 Å². The van der Waals surface area contributed by atoms with Crippen LogP contribution in [0.4, 0.5) is 0 Å². The van der Waals surface area contributed by atoms with Crippen LogP contribution < -0.4 is 0 Å². The van der Waals surface area contributed by atoms with E-state index in [-0.39, 0.29) is 0 Å². The van der Waals surface area contributed by atoms with Crippen LogP contribution in [-0.4, -0.2) is 0 Å². The minimum Gasteiger partial charge on any atom is -0.144 e. The van der Waals surface area contributed by atoms with Crippen molar-refractivity contribution in [3.8, 4) is 0 Å². The fourth-order valence-corrected chi connectivity index (χ4v) is 1.87. The first-order valence-electron chi connectivity index (χ1n) is 2.65. The third kappa shape index (κ3) is 1.66. The minimum absolute atomic E-state index is 1.33. The van der Waals surface area contributed by atoms with Crippen molar-refractivity contribution in [1.29, 1.82) is 0 Å². The van der Waals surface area contributed by atoms with Crippen LogP contribution >= 0.6 is 27.3 Å². The molecule has 0 aliphatic rings. The Morgan fingerprint density at radius 3 is 2.89 bits per heavy atom. The van der Waals surface area contributed by atoms with Gasteiger partial charge in [-0.1, -0.05) is 15.9 Å². The Morgan fingerprint density at radius 1 is 1.67 bits per heavy atom. The fraction of sp³-hybridized carbons (Fsp3) is 0.143. The molecular weight excluding hydrogens is 196 g/mol. The molecular formula is C7H7BrS. The van der Waals surface area contributed by atoms with E-state index in [2.05, 4.69) is 40.4 Å². The molecule has 0 spiro atoms. The van der Waals surface area contributed by atoms with E-state index in [1.54, 1.807) is 11.3 Å². The van der Waals surface area contributed by atoms with Gasteiger partial charge < -0.3 is 0 Å². The molecule has 0 amide bonds. The maximum Gasteiger partial charge on any atom is 0.0304 e. The first-order chi connectivity index (χ1) is 4.34. The average molecular weight is 203 g/mol. The Balaban J connectivity index is 2.94. The van der Waals surface area contributed by atoms with Crippen molar-refractivity contribution in [3.05, 3.63) is 26.9 Å². The predicted octanol–water partition coefficient (Wildman–Crippen LogP) is 3.42. The Labute approximate surface area is 67.3 Å². The van der Waals surface area contributed by atoms with E-state index < -0.39 is 0 Å². The highest BCUT2D eigenvalue weighted by molar-refractivity contribution is 9.11. The molecule has 0 aliphatic heterocycles. The highest BCUT2D eigenvalue weighted by Gasteiger charge is 1.91. The quantitative estimate of drug-likeness (QED) is 0.655. The molecule has 9 heavy (non-hydrogen) atoms. The largest absolute Gasteiger partial charge is 0.144 e. The number of hydrogen-bond donors (Lipinski definition) is 0. The second kappa shape index (κ2) is 3.18. The van der Waals surface area contributed by atoms with Gasteiger partial charge in [-0.25, -0.2) is 0 Å². The lowest BCUT2D eigenvalue weighted by Crippen LogP contribution is -1.63. The van der Waals surface area contributed by atoms with E-state index >= 15 is 0 Å². The van der Waals surface area contributed by atoms with Crippen LogP contribution in [0.15, 0.2) is 16.4 Å². The summed E-state index contributed by atoms with van der Waals surface area (Å²) in [5, 5.41) is 2.09. The fourth-order valence-electron chi connectivity index (χ4n) is 0.612. The molecule has 0 aliphatic carbocycles. The van der Waals surface area contributed by atoms with Gasteiger partial charge in [0.1, 0.15) is 0 Å².